The smallest absolute Gasteiger partial charge is 0.335 e. The molecule has 2 aromatic heterocycles. The molecule has 8 bridgehead atoms. The Morgan fingerprint density at radius 2 is 1.03 bits per heavy atom. The molecule has 0 unspecified atom stereocenters. The summed E-state index contributed by atoms with van der Waals surface area (Å²) in [4.78, 5) is 46.7. The molecule has 16 heterocycles. The van der Waals surface area contributed by atoms with E-state index in [-0.39, 0.29) is 115 Å². The van der Waals surface area contributed by atoms with Gasteiger partial charge in [-0.3, -0.25) is 30.2 Å². The summed E-state index contributed by atoms with van der Waals surface area (Å²) in [5.74, 6) is 4.99. The number of methoxy groups -OCH3 is 2. The molecule has 109 heavy (non-hydrogen) atoms. The summed E-state index contributed by atoms with van der Waals surface area (Å²) in [6, 6.07) is 19.5. The maximum Gasteiger partial charge on any atom is 0.335 e. The standard InChI is InChI=1S/C40H40N4O7S.C39H41N3O8S.CH4.Ag.HNO3/c1-18-12-21-13-24-25(14-41)44-26-15-48-39(46)40(38-23(10-11-42-40)22-8-6-7-9-27(22)51-38)16-52-37(28-19(2)20(3)35-36(30(26)28)50-17-49-35)32(44)31(43(24)4)29(21)33(45)34(18)47-5;1-17-12-20-13-23-37(44)42-24-14-47-38(45)39(36-22(10-11-40-39)21-8-6-7-9-25(21)50-36)15-51-35(26-18(2)19(3)33-34(28(24)26)49-16-48-33)30(42)29(41(23)4)27(20)31(43)32(17)46-5;;;2-1(3)4/h6-9,12,24-26,31-32,37,42,45H,10-11,13,15-17H2,1-5H3;6-9,12,23-24,29-30,35,37,40,43-44H,10-11,13-16H2,1-5H3;1H4;;(H,2,3,4)/t24-,25-,26-,31+,32+,37+,40+;23-,24-,29+,30+,35+,37-,39+;;;/m00.../s1. The van der Waals surface area contributed by atoms with Crippen LogP contribution in [0.2, 0.25) is 0 Å². The van der Waals surface area contributed by atoms with Crippen LogP contribution in [0.1, 0.15) is 143 Å². The Balaban J connectivity index is 0.000000156. The Morgan fingerprint density at radius 1 is 0.615 bits per heavy atom. The van der Waals surface area contributed by atoms with Crippen LogP contribution in [-0.2, 0) is 78.2 Å². The molecule has 0 amide bonds. The summed E-state index contributed by atoms with van der Waals surface area (Å²) in [5, 5.41) is 69.9. The van der Waals surface area contributed by atoms with Gasteiger partial charge in [0.15, 0.2) is 57.1 Å². The molecule has 29 heteroatoms. The van der Waals surface area contributed by atoms with Gasteiger partial charge in [-0.2, -0.15) is 5.26 Å². The van der Waals surface area contributed by atoms with Gasteiger partial charge in [-0.25, -0.2) is 9.59 Å². The van der Waals surface area contributed by atoms with Gasteiger partial charge in [-0.05, 0) is 149 Å². The number of thioether (sulfide) groups is 2. The van der Waals surface area contributed by atoms with Crippen molar-refractivity contribution in [2.45, 2.75) is 157 Å². The Morgan fingerprint density at radius 3 is 1.48 bits per heavy atom. The van der Waals surface area contributed by atoms with Gasteiger partial charge in [-0.15, -0.1) is 33.6 Å². The first-order chi connectivity index (χ1) is 51.6. The van der Waals surface area contributed by atoms with Crippen molar-refractivity contribution < 1.29 is 104 Å². The first-order valence-corrected chi connectivity index (χ1v) is 38.3. The molecule has 14 atom stereocenters. The van der Waals surface area contributed by atoms with Crippen molar-refractivity contribution in [3.63, 3.8) is 0 Å². The Hall–Kier alpha value is -8.41. The van der Waals surface area contributed by atoms with E-state index in [0.29, 0.717) is 83.5 Å². The number of phenolic OH excluding ortho intramolecular Hbond substituents is 2. The fourth-order valence-corrected chi connectivity index (χ4v) is 24.1. The maximum absolute atomic E-state index is 14.7. The number of nitrogens with one attached hydrogen (secondary N) is 2. The number of nitrogens with zero attached hydrogens (tertiary/aromatic N) is 6. The van der Waals surface area contributed by atoms with E-state index in [1.807, 2.05) is 57.3 Å². The number of piperazine rings is 2. The quantitative estimate of drug-likeness (QED) is 0.0405. The number of phenols is 2. The molecule has 26 nitrogen and oxygen atoms in total. The van der Waals surface area contributed by atoms with E-state index >= 15 is 0 Å². The Labute approximate surface area is 653 Å². The minimum atomic E-state index is -1.50. The van der Waals surface area contributed by atoms with Crippen LogP contribution in [0.15, 0.2) is 69.5 Å². The van der Waals surface area contributed by atoms with Crippen LogP contribution in [0, 0.1) is 63.0 Å². The van der Waals surface area contributed by atoms with Crippen molar-refractivity contribution in [1.29, 1.82) is 5.26 Å². The second-order valence-electron chi connectivity index (χ2n) is 30.1. The largest absolute Gasteiger partial charge is 0.504 e. The molecule has 577 valence electrons. The zero-order chi connectivity index (χ0) is 74.5. The van der Waals surface area contributed by atoms with Crippen molar-refractivity contribution in [2.24, 2.45) is 0 Å². The Kier molecular flexibility index (Phi) is 18.8. The first kappa shape index (κ1) is 74.7. The summed E-state index contributed by atoms with van der Waals surface area (Å²) in [6.45, 7) is 13.6. The number of carbonyl (C=O) groups is 2. The molecule has 6 aromatic carbocycles. The Bertz CT molecular complexity index is 5180. The summed E-state index contributed by atoms with van der Waals surface area (Å²) in [6.07, 6.45) is 1.67. The second-order valence-corrected chi connectivity index (χ2v) is 32.4. The molecule has 0 aliphatic carbocycles. The number of benzene rings is 6. The maximum atomic E-state index is 14.7. The zero-order valence-electron chi connectivity index (χ0n) is 61.0. The van der Waals surface area contributed by atoms with E-state index in [2.05, 4.69) is 95.3 Å². The van der Waals surface area contributed by atoms with E-state index < -0.39 is 52.5 Å². The molecule has 0 saturated carbocycles. The number of esters is 2. The van der Waals surface area contributed by atoms with Crippen LogP contribution in [0.4, 0.5) is 0 Å². The van der Waals surface area contributed by atoms with Crippen LogP contribution in [0.25, 0.3) is 21.9 Å². The molecule has 4 saturated heterocycles. The van der Waals surface area contributed by atoms with Gasteiger partial charge in [0.1, 0.15) is 48.2 Å². The molecule has 6 N–H and O–H groups in total. The van der Waals surface area contributed by atoms with Crippen LogP contribution in [-0.4, -0.2) is 173 Å². The fraction of sp³-hybridized carbons (Fsp3) is 0.463. The van der Waals surface area contributed by atoms with Gasteiger partial charge in [0.05, 0.1) is 50.5 Å². The van der Waals surface area contributed by atoms with E-state index in [1.165, 1.54) is 0 Å². The number of carbonyl (C=O) groups excluding carboxylic acids is 2. The third-order valence-electron chi connectivity index (χ3n) is 25.4. The van der Waals surface area contributed by atoms with E-state index in [0.717, 1.165) is 124 Å². The zero-order valence-corrected chi connectivity index (χ0v) is 64.1. The SMILES string of the molecule is C.COc1c(C)cc2c(c1O)[C@@H]1[C@@H]3[C@@H]4SC[C@]5(NCCc6c5oc5ccccc65)C(=O)OC[C@@H](c5c6c(c(C)c(C)c54)OCO6)N3[C@@H](C#N)[C@H](C2)N1C.COc1c(C)cc2c(c1O)[C@@H]1[C@@H]3[C@@H]4SC[C@]5(NCCc6c5oc5ccccc65)C(=O)OC[C@@H](c5c6c(c(C)c(C)c54)OCO6)N3[C@@H](O)[C@H](C2)N1C.O=[N+]([O-])O.[Ag]. The number of para-hydroxylation sites is 2. The summed E-state index contributed by atoms with van der Waals surface area (Å²) in [5.41, 5.74) is 14.7. The third-order valence-corrected chi connectivity index (χ3v) is 28.3. The summed E-state index contributed by atoms with van der Waals surface area (Å²) >= 11 is 3.35. The monoisotopic (exact) mass is 1620 g/mol. The molecule has 8 aromatic rings. The van der Waals surface area contributed by atoms with Crippen LogP contribution < -0.4 is 39.1 Å². The van der Waals surface area contributed by atoms with Crippen LogP contribution in [0.5, 0.6) is 46.0 Å². The van der Waals surface area contributed by atoms with Crippen LogP contribution in [0.3, 0.4) is 0 Å². The normalized spacial score (nSPS) is 29.1. The van der Waals surface area contributed by atoms with E-state index in [4.69, 9.17) is 62.1 Å². The number of rotatable bonds is 2. The summed E-state index contributed by atoms with van der Waals surface area (Å²) in [7, 11) is 7.30. The van der Waals surface area contributed by atoms with E-state index in [1.54, 1.807) is 37.7 Å². The number of aliphatic hydroxyl groups excluding tert-OH is 1. The van der Waals surface area contributed by atoms with Crippen molar-refractivity contribution >= 4 is 57.4 Å². The van der Waals surface area contributed by atoms with Crippen molar-refractivity contribution in [3.05, 3.63) is 171 Å². The van der Waals surface area contributed by atoms with Crippen molar-refractivity contribution in [2.75, 3.05) is 79.7 Å². The number of nitriles is 1. The van der Waals surface area contributed by atoms with Gasteiger partial charge in [0, 0.05) is 120 Å². The first-order valence-electron chi connectivity index (χ1n) is 36.2. The summed E-state index contributed by atoms with van der Waals surface area (Å²) < 4.78 is 62.3. The second kappa shape index (κ2) is 27.5. The molecular formula is C80H86AgN8O18S2. The van der Waals surface area contributed by atoms with Gasteiger partial charge >= 0.3 is 11.9 Å². The molecular weight excluding hydrogens is 1530 g/mol. The minimum Gasteiger partial charge on any atom is -0.504 e. The van der Waals surface area contributed by atoms with Crippen molar-refractivity contribution in [1.82, 2.24) is 30.2 Å². The minimum absolute atomic E-state index is 0. The fourth-order valence-electron chi connectivity index (χ4n) is 20.6. The van der Waals surface area contributed by atoms with Gasteiger partial charge in [-0.1, -0.05) is 56.0 Å². The average molecular weight is 1620 g/mol. The number of aromatic hydroxyl groups is 2. The predicted molar refractivity (Wildman–Crippen MR) is 398 cm³/mol. The number of aryl methyl sites for hydroxylation is 2. The number of hydrogen-bond donors (Lipinski definition) is 6. The van der Waals surface area contributed by atoms with Gasteiger partial charge < -0.3 is 67.3 Å². The number of hydrogen-bond acceptors (Lipinski definition) is 26. The third kappa shape index (κ3) is 10.6. The molecule has 14 aliphatic heterocycles. The molecule has 14 aliphatic rings. The molecule has 2 spiro atoms. The predicted octanol–water partition coefficient (Wildman–Crippen LogP) is 10.5. The molecule has 1 radical (unpaired) electrons. The van der Waals surface area contributed by atoms with Gasteiger partial charge in [0.25, 0.3) is 5.09 Å². The molecule has 22 rings (SSSR count). The topological polar surface area (TPSA) is 319 Å². The number of furan rings is 2. The average Bonchev–Trinajstić information content (AvgIpc) is 1.14. The number of ether oxygens (including phenoxy) is 8. The van der Waals surface area contributed by atoms with Gasteiger partial charge in [0.2, 0.25) is 13.6 Å². The van der Waals surface area contributed by atoms with Crippen LogP contribution >= 0.6 is 23.5 Å². The number of likely N-dealkylation sites (N-methyl/N-ethyl adjacent to an activating group) is 2. The molecule has 4 fully saturated rings. The number of aliphatic hydroxyl groups is 1. The van der Waals surface area contributed by atoms with E-state index in [9.17, 15) is 30.2 Å². The van der Waals surface area contributed by atoms with Crippen molar-refractivity contribution in [3.8, 4) is 52.1 Å². The number of fused-ring (bicyclic) bond motifs is 22.